The van der Waals surface area contributed by atoms with Crippen molar-refractivity contribution in [2.24, 2.45) is 5.92 Å². The summed E-state index contributed by atoms with van der Waals surface area (Å²) in [5.74, 6) is 1.47. The van der Waals surface area contributed by atoms with Gasteiger partial charge in [0.1, 0.15) is 5.75 Å². The van der Waals surface area contributed by atoms with Gasteiger partial charge in [-0.05, 0) is 42.0 Å². The third-order valence-electron chi connectivity index (χ3n) is 4.15. The molecule has 1 N–H and O–H groups in total. The molecule has 0 aromatic heterocycles. The lowest BCUT2D eigenvalue weighted by atomic mass is 9.82. The SMILES string of the molecule is OC(c1ccc2c(c1)CCO2)C1CCCCC1. The molecule has 0 radical (unpaired) electrons. The molecule has 2 nitrogen and oxygen atoms in total. The molecule has 0 spiro atoms. The molecular weight excluding hydrogens is 212 g/mol. The molecule has 1 fully saturated rings. The fourth-order valence-corrected chi connectivity index (χ4v) is 3.11. The van der Waals surface area contributed by atoms with Gasteiger partial charge < -0.3 is 9.84 Å². The zero-order valence-electron chi connectivity index (χ0n) is 10.2. The Hall–Kier alpha value is -1.02. The summed E-state index contributed by atoms with van der Waals surface area (Å²) in [7, 11) is 0. The second kappa shape index (κ2) is 4.69. The zero-order valence-corrected chi connectivity index (χ0v) is 10.2. The van der Waals surface area contributed by atoms with Crippen LogP contribution < -0.4 is 4.74 Å². The quantitative estimate of drug-likeness (QED) is 0.848. The van der Waals surface area contributed by atoms with Crippen molar-refractivity contribution < 1.29 is 9.84 Å². The first-order valence-electron chi connectivity index (χ1n) is 6.78. The van der Waals surface area contributed by atoms with Crippen LogP contribution >= 0.6 is 0 Å². The second-order valence-electron chi connectivity index (χ2n) is 5.31. The molecule has 2 aliphatic rings. The van der Waals surface area contributed by atoms with Crippen molar-refractivity contribution in [3.05, 3.63) is 29.3 Å². The molecule has 1 saturated carbocycles. The van der Waals surface area contributed by atoms with Crippen molar-refractivity contribution in [3.63, 3.8) is 0 Å². The predicted octanol–water partition coefficient (Wildman–Crippen LogP) is 3.24. The van der Waals surface area contributed by atoms with Crippen molar-refractivity contribution in [3.8, 4) is 5.75 Å². The van der Waals surface area contributed by atoms with Crippen LogP contribution in [-0.2, 0) is 6.42 Å². The van der Waals surface area contributed by atoms with E-state index in [9.17, 15) is 5.11 Å². The first-order chi connectivity index (χ1) is 8.34. The van der Waals surface area contributed by atoms with Crippen LogP contribution in [0.15, 0.2) is 18.2 Å². The number of aliphatic hydroxyl groups excluding tert-OH is 1. The maximum atomic E-state index is 10.4. The molecule has 1 aliphatic carbocycles. The lowest BCUT2D eigenvalue weighted by Crippen LogP contribution is -2.16. The number of ether oxygens (including phenoxy) is 1. The number of rotatable bonds is 2. The van der Waals surface area contributed by atoms with Crippen molar-refractivity contribution in [1.29, 1.82) is 0 Å². The fraction of sp³-hybridized carbons (Fsp3) is 0.600. The van der Waals surface area contributed by atoms with Crippen LogP contribution in [0.1, 0.15) is 49.3 Å². The van der Waals surface area contributed by atoms with Crippen LogP contribution in [0.5, 0.6) is 5.75 Å². The Bertz CT molecular complexity index is 394. The number of hydrogen-bond donors (Lipinski definition) is 1. The van der Waals surface area contributed by atoms with E-state index in [-0.39, 0.29) is 6.10 Å². The summed E-state index contributed by atoms with van der Waals surface area (Å²) in [4.78, 5) is 0. The highest BCUT2D eigenvalue weighted by molar-refractivity contribution is 5.40. The van der Waals surface area contributed by atoms with Crippen LogP contribution in [-0.4, -0.2) is 11.7 Å². The topological polar surface area (TPSA) is 29.5 Å². The monoisotopic (exact) mass is 232 g/mol. The average molecular weight is 232 g/mol. The average Bonchev–Trinajstić information content (AvgIpc) is 2.86. The van der Waals surface area contributed by atoms with Crippen molar-refractivity contribution in [1.82, 2.24) is 0 Å². The molecule has 1 heterocycles. The minimum absolute atomic E-state index is 0.277. The van der Waals surface area contributed by atoms with Crippen LogP contribution in [0.3, 0.4) is 0 Å². The highest BCUT2D eigenvalue weighted by Gasteiger charge is 2.24. The molecule has 0 saturated heterocycles. The van der Waals surface area contributed by atoms with E-state index in [1.165, 1.54) is 37.7 Å². The third-order valence-corrected chi connectivity index (χ3v) is 4.15. The summed E-state index contributed by atoms with van der Waals surface area (Å²) in [5.41, 5.74) is 2.35. The van der Waals surface area contributed by atoms with Crippen LogP contribution in [0.4, 0.5) is 0 Å². The van der Waals surface area contributed by atoms with E-state index in [0.29, 0.717) is 5.92 Å². The van der Waals surface area contributed by atoms with E-state index in [1.54, 1.807) is 0 Å². The Labute approximate surface area is 103 Å². The Morgan fingerprint density at radius 2 is 2.00 bits per heavy atom. The molecule has 1 atom stereocenters. The van der Waals surface area contributed by atoms with Gasteiger partial charge in [-0.3, -0.25) is 0 Å². The Balaban J connectivity index is 1.78. The van der Waals surface area contributed by atoms with Crippen molar-refractivity contribution >= 4 is 0 Å². The molecule has 0 bridgehead atoms. The van der Waals surface area contributed by atoms with Gasteiger partial charge in [0, 0.05) is 6.42 Å². The summed E-state index contributed by atoms with van der Waals surface area (Å²) >= 11 is 0. The minimum atomic E-state index is -0.277. The first-order valence-corrected chi connectivity index (χ1v) is 6.78. The van der Waals surface area contributed by atoms with Gasteiger partial charge in [-0.15, -0.1) is 0 Å². The van der Waals surface area contributed by atoms with Gasteiger partial charge in [-0.2, -0.15) is 0 Å². The van der Waals surface area contributed by atoms with E-state index >= 15 is 0 Å². The summed E-state index contributed by atoms with van der Waals surface area (Å²) in [5, 5.41) is 10.4. The molecule has 0 amide bonds. The lowest BCUT2D eigenvalue weighted by Gasteiger charge is -2.27. The molecule has 92 valence electrons. The standard InChI is InChI=1S/C15H20O2/c16-15(11-4-2-1-3-5-11)13-6-7-14-12(10-13)8-9-17-14/h6-7,10-11,15-16H,1-5,8-9H2. The van der Waals surface area contributed by atoms with Crippen LogP contribution in [0, 0.1) is 5.92 Å². The molecule has 2 heteroatoms. The van der Waals surface area contributed by atoms with Gasteiger partial charge in [0.15, 0.2) is 0 Å². The predicted molar refractivity (Wildman–Crippen MR) is 67.2 cm³/mol. The smallest absolute Gasteiger partial charge is 0.122 e. The maximum absolute atomic E-state index is 10.4. The third kappa shape index (κ3) is 2.19. The largest absolute Gasteiger partial charge is 0.493 e. The summed E-state index contributed by atoms with van der Waals surface area (Å²) in [6.45, 7) is 0.790. The highest BCUT2D eigenvalue weighted by Crippen LogP contribution is 2.36. The Morgan fingerprint density at radius 1 is 1.18 bits per heavy atom. The molecule has 1 aromatic carbocycles. The van der Waals surface area contributed by atoms with Crippen LogP contribution in [0.25, 0.3) is 0 Å². The van der Waals surface area contributed by atoms with E-state index in [1.807, 2.05) is 12.1 Å². The van der Waals surface area contributed by atoms with Crippen molar-refractivity contribution in [2.75, 3.05) is 6.61 Å². The molecular formula is C15H20O2. The van der Waals surface area contributed by atoms with Gasteiger partial charge in [0.2, 0.25) is 0 Å². The van der Waals surface area contributed by atoms with Gasteiger partial charge >= 0.3 is 0 Å². The molecule has 1 unspecified atom stereocenters. The lowest BCUT2D eigenvalue weighted by molar-refractivity contribution is 0.0848. The summed E-state index contributed by atoms with van der Waals surface area (Å²) < 4.78 is 5.50. The van der Waals surface area contributed by atoms with Gasteiger partial charge in [-0.1, -0.05) is 25.3 Å². The number of benzene rings is 1. The first kappa shape index (κ1) is 11.1. The minimum Gasteiger partial charge on any atom is -0.493 e. The second-order valence-corrected chi connectivity index (χ2v) is 5.31. The summed E-state index contributed by atoms with van der Waals surface area (Å²) in [6.07, 6.45) is 6.94. The van der Waals surface area contributed by atoms with E-state index in [0.717, 1.165) is 24.3 Å². The highest BCUT2D eigenvalue weighted by atomic mass is 16.5. The summed E-state index contributed by atoms with van der Waals surface area (Å²) in [6, 6.07) is 6.19. The normalized spacial score (nSPS) is 21.9. The van der Waals surface area contributed by atoms with Crippen molar-refractivity contribution in [2.45, 2.75) is 44.6 Å². The molecule has 3 rings (SSSR count). The molecule has 1 aliphatic heterocycles. The number of fused-ring (bicyclic) bond motifs is 1. The fourth-order valence-electron chi connectivity index (χ4n) is 3.11. The van der Waals surface area contributed by atoms with E-state index < -0.39 is 0 Å². The van der Waals surface area contributed by atoms with Gasteiger partial charge in [-0.25, -0.2) is 0 Å². The Morgan fingerprint density at radius 3 is 2.82 bits per heavy atom. The van der Waals surface area contributed by atoms with Gasteiger partial charge in [0.25, 0.3) is 0 Å². The van der Waals surface area contributed by atoms with Gasteiger partial charge in [0.05, 0.1) is 12.7 Å². The molecule has 1 aromatic rings. The maximum Gasteiger partial charge on any atom is 0.122 e. The molecule has 17 heavy (non-hydrogen) atoms. The van der Waals surface area contributed by atoms with Crippen LogP contribution in [0.2, 0.25) is 0 Å². The number of aliphatic hydroxyl groups is 1. The zero-order chi connectivity index (χ0) is 11.7. The van der Waals surface area contributed by atoms with E-state index in [4.69, 9.17) is 4.74 Å². The number of hydrogen-bond acceptors (Lipinski definition) is 2. The Kier molecular flexibility index (Phi) is 3.06. The van der Waals surface area contributed by atoms with E-state index in [2.05, 4.69) is 6.07 Å².